The Hall–Kier alpha value is -1.68. The second-order valence-corrected chi connectivity index (χ2v) is 3.79. The van der Waals surface area contributed by atoms with Crippen molar-refractivity contribution in [1.82, 2.24) is 4.90 Å². The minimum absolute atomic E-state index is 0.100. The first-order valence-corrected chi connectivity index (χ1v) is 5.56. The van der Waals surface area contributed by atoms with Crippen LogP contribution in [-0.2, 0) is 9.53 Å². The molecule has 1 aromatic carbocycles. The molecule has 1 aliphatic heterocycles. The first-order valence-electron chi connectivity index (χ1n) is 5.56. The van der Waals surface area contributed by atoms with Gasteiger partial charge in [0.25, 0.3) is 0 Å². The molecule has 0 N–H and O–H groups in total. The molecule has 1 fully saturated rings. The van der Waals surface area contributed by atoms with Gasteiger partial charge in [-0.15, -0.1) is 0 Å². The monoisotopic (exact) mass is 235 g/mol. The fourth-order valence-electron chi connectivity index (χ4n) is 1.66. The molecule has 90 valence electrons. The van der Waals surface area contributed by atoms with Gasteiger partial charge >= 0.3 is 0 Å². The number of hydrogen-bond donors (Lipinski definition) is 0. The van der Waals surface area contributed by atoms with Crippen molar-refractivity contribution < 1.29 is 13.9 Å². The minimum atomic E-state index is -0.321. The third-order valence-corrected chi connectivity index (χ3v) is 2.63. The zero-order valence-corrected chi connectivity index (χ0v) is 9.43. The Morgan fingerprint density at radius 3 is 2.71 bits per heavy atom. The van der Waals surface area contributed by atoms with Gasteiger partial charge in [-0.05, 0) is 12.1 Å². The molecule has 0 bridgehead atoms. The van der Waals surface area contributed by atoms with E-state index in [0.717, 1.165) is 0 Å². The van der Waals surface area contributed by atoms with Crippen LogP contribution < -0.4 is 0 Å². The Balaban J connectivity index is 2.00. The third kappa shape index (κ3) is 3.14. The van der Waals surface area contributed by atoms with Gasteiger partial charge in [-0.3, -0.25) is 4.79 Å². The molecule has 1 amide bonds. The van der Waals surface area contributed by atoms with Gasteiger partial charge in [0.05, 0.1) is 13.2 Å². The van der Waals surface area contributed by atoms with E-state index >= 15 is 0 Å². The third-order valence-electron chi connectivity index (χ3n) is 2.63. The van der Waals surface area contributed by atoms with E-state index in [-0.39, 0.29) is 11.7 Å². The molecule has 1 aromatic rings. The zero-order chi connectivity index (χ0) is 12.1. The number of hydrogen-bond acceptors (Lipinski definition) is 2. The molecule has 0 aliphatic carbocycles. The highest BCUT2D eigenvalue weighted by molar-refractivity contribution is 5.91. The van der Waals surface area contributed by atoms with Crippen LogP contribution in [0.3, 0.4) is 0 Å². The molecule has 1 aliphatic rings. The number of nitrogens with zero attached hydrogens (tertiary/aromatic N) is 1. The first-order chi connectivity index (χ1) is 8.27. The molecule has 2 rings (SSSR count). The highest BCUT2D eigenvalue weighted by Crippen LogP contribution is 2.08. The van der Waals surface area contributed by atoms with Crippen molar-refractivity contribution in [2.24, 2.45) is 0 Å². The Morgan fingerprint density at radius 2 is 2.00 bits per heavy atom. The van der Waals surface area contributed by atoms with Crippen molar-refractivity contribution in [3.05, 3.63) is 41.7 Å². The highest BCUT2D eigenvalue weighted by atomic mass is 19.1. The number of amides is 1. The molecule has 0 atom stereocenters. The Morgan fingerprint density at radius 1 is 1.29 bits per heavy atom. The zero-order valence-electron chi connectivity index (χ0n) is 9.43. The summed E-state index contributed by atoms with van der Waals surface area (Å²) in [6, 6.07) is 6.37. The van der Waals surface area contributed by atoms with Crippen molar-refractivity contribution in [3.8, 4) is 0 Å². The van der Waals surface area contributed by atoms with Crippen LogP contribution in [0, 0.1) is 5.82 Å². The van der Waals surface area contributed by atoms with Crippen molar-refractivity contribution in [1.29, 1.82) is 0 Å². The lowest BCUT2D eigenvalue weighted by atomic mass is 10.2. The molecule has 0 spiro atoms. The number of carbonyl (C=O) groups is 1. The number of ether oxygens (including phenoxy) is 1. The molecule has 1 saturated heterocycles. The molecular formula is C13H14FNO2. The lowest BCUT2D eigenvalue weighted by Gasteiger charge is -2.25. The maximum absolute atomic E-state index is 13.3. The van der Waals surface area contributed by atoms with E-state index in [2.05, 4.69) is 0 Å². The van der Waals surface area contributed by atoms with Crippen molar-refractivity contribution in [2.75, 3.05) is 26.3 Å². The van der Waals surface area contributed by atoms with Gasteiger partial charge in [0.2, 0.25) is 5.91 Å². The Kier molecular flexibility index (Phi) is 3.88. The summed E-state index contributed by atoms with van der Waals surface area (Å²) in [6.07, 6.45) is 2.91. The fourth-order valence-corrected chi connectivity index (χ4v) is 1.66. The van der Waals surface area contributed by atoms with Crippen molar-refractivity contribution in [2.45, 2.75) is 0 Å². The van der Waals surface area contributed by atoms with E-state index in [1.807, 2.05) is 0 Å². The van der Waals surface area contributed by atoms with Crippen LogP contribution in [-0.4, -0.2) is 37.1 Å². The second kappa shape index (κ2) is 5.59. The molecular weight excluding hydrogens is 221 g/mol. The highest BCUT2D eigenvalue weighted by Gasteiger charge is 2.13. The number of morpholine rings is 1. The lowest BCUT2D eigenvalue weighted by Crippen LogP contribution is -2.39. The summed E-state index contributed by atoms with van der Waals surface area (Å²) in [5, 5.41) is 0. The summed E-state index contributed by atoms with van der Waals surface area (Å²) < 4.78 is 18.4. The molecule has 3 nitrogen and oxygen atoms in total. The normalized spacial score (nSPS) is 16.4. The van der Waals surface area contributed by atoms with Crippen LogP contribution in [0.2, 0.25) is 0 Å². The van der Waals surface area contributed by atoms with E-state index in [1.165, 1.54) is 18.2 Å². The molecule has 0 saturated carbocycles. The van der Waals surface area contributed by atoms with E-state index < -0.39 is 0 Å². The number of halogens is 1. The summed E-state index contributed by atoms with van der Waals surface area (Å²) in [6.45, 7) is 2.33. The van der Waals surface area contributed by atoms with Gasteiger partial charge in [-0.25, -0.2) is 4.39 Å². The summed E-state index contributed by atoms with van der Waals surface area (Å²) in [7, 11) is 0. The van der Waals surface area contributed by atoms with Gasteiger partial charge < -0.3 is 9.64 Å². The summed E-state index contributed by atoms with van der Waals surface area (Å²) in [5.74, 6) is -0.421. The largest absolute Gasteiger partial charge is 0.378 e. The molecule has 17 heavy (non-hydrogen) atoms. The van der Waals surface area contributed by atoms with Crippen molar-refractivity contribution in [3.63, 3.8) is 0 Å². The quantitative estimate of drug-likeness (QED) is 0.730. The Bertz CT molecular complexity index is 425. The van der Waals surface area contributed by atoms with Crippen LogP contribution in [0.4, 0.5) is 4.39 Å². The van der Waals surface area contributed by atoms with Crippen LogP contribution in [0.5, 0.6) is 0 Å². The maximum Gasteiger partial charge on any atom is 0.246 e. The van der Waals surface area contributed by atoms with Gasteiger partial charge in [-0.1, -0.05) is 18.2 Å². The topological polar surface area (TPSA) is 29.5 Å². The van der Waals surface area contributed by atoms with E-state index in [9.17, 15) is 9.18 Å². The number of benzene rings is 1. The maximum atomic E-state index is 13.3. The standard InChI is InChI=1S/C13H14FNO2/c14-12-4-2-1-3-11(12)5-6-13(16)15-7-9-17-10-8-15/h1-6H,7-10H2/b6-5+. The predicted octanol–water partition coefficient (Wildman–Crippen LogP) is 1.70. The average molecular weight is 235 g/mol. The Labute approximate surface area is 99.5 Å². The smallest absolute Gasteiger partial charge is 0.246 e. The van der Waals surface area contributed by atoms with Gasteiger partial charge in [0, 0.05) is 24.7 Å². The molecule has 1 heterocycles. The van der Waals surface area contributed by atoms with Crippen molar-refractivity contribution >= 4 is 12.0 Å². The number of rotatable bonds is 2. The second-order valence-electron chi connectivity index (χ2n) is 3.79. The first kappa shape index (κ1) is 11.8. The van der Waals surface area contributed by atoms with Crippen LogP contribution >= 0.6 is 0 Å². The van der Waals surface area contributed by atoms with E-state index in [4.69, 9.17) is 4.74 Å². The average Bonchev–Trinajstić information content (AvgIpc) is 2.38. The molecule has 0 radical (unpaired) electrons. The lowest BCUT2D eigenvalue weighted by molar-refractivity contribution is -0.129. The van der Waals surface area contributed by atoms with E-state index in [0.29, 0.717) is 31.9 Å². The van der Waals surface area contributed by atoms with Crippen LogP contribution in [0.25, 0.3) is 6.08 Å². The molecule has 4 heteroatoms. The van der Waals surface area contributed by atoms with Crippen LogP contribution in [0.1, 0.15) is 5.56 Å². The number of carbonyl (C=O) groups excluding carboxylic acids is 1. The van der Waals surface area contributed by atoms with Gasteiger partial charge in [-0.2, -0.15) is 0 Å². The van der Waals surface area contributed by atoms with Gasteiger partial charge in [0.1, 0.15) is 5.82 Å². The minimum Gasteiger partial charge on any atom is -0.378 e. The summed E-state index contributed by atoms with van der Waals surface area (Å²) >= 11 is 0. The SMILES string of the molecule is O=C(/C=C/c1ccccc1F)N1CCOCC1. The van der Waals surface area contributed by atoms with Crippen LogP contribution in [0.15, 0.2) is 30.3 Å². The van der Waals surface area contributed by atoms with Gasteiger partial charge in [0.15, 0.2) is 0 Å². The summed E-state index contributed by atoms with van der Waals surface area (Å²) in [5.41, 5.74) is 0.425. The molecule has 0 unspecified atom stereocenters. The fraction of sp³-hybridized carbons (Fsp3) is 0.308. The van der Waals surface area contributed by atoms with E-state index in [1.54, 1.807) is 23.1 Å². The summed E-state index contributed by atoms with van der Waals surface area (Å²) in [4.78, 5) is 13.4. The predicted molar refractivity (Wildman–Crippen MR) is 62.8 cm³/mol. The molecule has 0 aromatic heterocycles.